The zero-order valence-corrected chi connectivity index (χ0v) is 7.13. The van der Waals surface area contributed by atoms with Gasteiger partial charge in [0, 0.05) is 19.9 Å². The maximum absolute atomic E-state index is 10.1. The largest absolute Gasteiger partial charge is 0.435 e. The van der Waals surface area contributed by atoms with Gasteiger partial charge in [-0.05, 0) is 6.42 Å². The summed E-state index contributed by atoms with van der Waals surface area (Å²) in [5, 5.41) is 2.68. The summed E-state index contributed by atoms with van der Waals surface area (Å²) in [5.41, 5.74) is 0. The molecule has 0 saturated carbocycles. The number of ether oxygens (including phenoxy) is 1. The van der Waals surface area contributed by atoms with Crippen LogP contribution in [0.3, 0.4) is 0 Å². The summed E-state index contributed by atoms with van der Waals surface area (Å²) >= 11 is 0. The number of carbonyl (C=O) groups excluding carboxylic acids is 2. The van der Waals surface area contributed by atoms with E-state index in [0.717, 1.165) is 25.6 Å². The Labute approximate surface area is 71.6 Å². The second-order valence-corrected chi connectivity index (χ2v) is 2.23. The Balaban J connectivity index is 0.000000202. The van der Waals surface area contributed by atoms with E-state index < -0.39 is 0 Å². The Morgan fingerprint density at radius 3 is 2.50 bits per heavy atom. The number of hydrogen-bond donors (Lipinski definition) is 1. The fraction of sp³-hybridized carbons (Fsp3) is 0.500. The molecule has 0 spiro atoms. The molecule has 0 aliphatic carbocycles. The van der Waals surface area contributed by atoms with Crippen molar-refractivity contribution in [3.63, 3.8) is 0 Å². The molecular formula is C8H13NO3. The Kier molecular flexibility index (Phi) is 5.69. The summed E-state index contributed by atoms with van der Waals surface area (Å²) in [7, 11) is 0. The third-order valence-corrected chi connectivity index (χ3v) is 1.15. The molecule has 68 valence electrons. The molecule has 0 unspecified atom stereocenters. The molecule has 0 aromatic heterocycles. The van der Waals surface area contributed by atoms with Crippen molar-refractivity contribution in [1.82, 2.24) is 5.32 Å². The Morgan fingerprint density at radius 2 is 2.42 bits per heavy atom. The SMILES string of the molecule is C=COC(C)=O.O=C1CCCN1. The second kappa shape index (κ2) is 6.39. The summed E-state index contributed by atoms with van der Waals surface area (Å²) in [4.78, 5) is 19.9. The van der Waals surface area contributed by atoms with E-state index in [1.54, 1.807) is 0 Å². The van der Waals surface area contributed by atoms with E-state index in [2.05, 4.69) is 16.6 Å². The predicted molar refractivity (Wildman–Crippen MR) is 44.2 cm³/mol. The van der Waals surface area contributed by atoms with Crippen molar-refractivity contribution >= 4 is 11.9 Å². The first-order valence-corrected chi connectivity index (χ1v) is 3.71. The normalized spacial score (nSPS) is 13.9. The minimum absolute atomic E-state index is 0.204. The average molecular weight is 171 g/mol. The third kappa shape index (κ3) is 6.80. The molecule has 1 N–H and O–H groups in total. The van der Waals surface area contributed by atoms with Crippen LogP contribution in [0.25, 0.3) is 0 Å². The molecule has 1 saturated heterocycles. The lowest BCUT2D eigenvalue weighted by Crippen LogP contribution is -2.12. The second-order valence-electron chi connectivity index (χ2n) is 2.23. The quantitative estimate of drug-likeness (QED) is 0.464. The first-order chi connectivity index (χ1) is 5.66. The molecule has 4 nitrogen and oxygen atoms in total. The van der Waals surface area contributed by atoms with Gasteiger partial charge >= 0.3 is 5.97 Å². The van der Waals surface area contributed by atoms with Crippen molar-refractivity contribution in [3.05, 3.63) is 12.8 Å². The molecule has 4 heteroatoms. The van der Waals surface area contributed by atoms with Crippen molar-refractivity contribution in [2.45, 2.75) is 19.8 Å². The van der Waals surface area contributed by atoms with E-state index in [0.29, 0.717) is 0 Å². The Bertz CT molecular complexity index is 169. The monoisotopic (exact) mass is 171 g/mol. The smallest absolute Gasteiger partial charge is 0.307 e. The summed E-state index contributed by atoms with van der Waals surface area (Å²) < 4.78 is 4.17. The molecule has 0 aromatic rings. The molecule has 1 heterocycles. The molecule has 1 aliphatic heterocycles. The van der Waals surface area contributed by atoms with Gasteiger partial charge < -0.3 is 10.1 Å². The van der Waals surface area contributed by atoms with Crippen LogP contribution in [0.1, 0.15) is 19.8 Å². The van der Waals surface area contributed by atoms with Crippen LogP contribution in [0.15, 0.2) is 12.8 Å². The number of hydrogen-bond acceptors (Lipinski definition) is 3. The molecule has 12 heavy (non-hydrogen) atoms. The van der Waals surface area contributed by atoms with Gasteiger partial charge in [-0.3, -0.25) is 9.59 Å². The first-order valence-electron chi connectivity index (χ1n) is 3.71. The first kappa shape index (κ1) is 10.7. The Hall–Kier alpha value is -1.32. The topological polar surface area (TPSA) is 55.4 Å². The number of esters is 1. The predicted octanol–water partition coefficient (Wildman–Crippen LogP) is 0.589. The molecule has 0 aromatic carbocycles. The van der Waals surface area contributed by atoms with E-state index in [-0.39, 0.29) is 11.9 Å². The minimum Gasteiger partial charge on any atom is -0.435 e. The van der Waals surface area contributed by atoms with Gasteiger partial charge in [0.1, 0.15) is 0 Å². The highest BCUT2D eigenvalue weighted by atomic mass is 16.5. The van der Waals surface area contributed by atoms with Crippen molar-refractivity contribution < 1.29 is 14.3 Å². The van der Waals surface area contributed by atoms with Gasteiger partial charge in [0.2, 0.25) is 5.91 Å². The van der Waals surface area contributed by atoms with Crippen molar-refractivity contribution in [2.75, 3.05) is 6.54 Å². The molecule has 0 atom stereocenters. The van der Waals surface area contributed by atoms with Gasteiger partial charge in [-0.1, -0.05) is 6.58 Å². The maximum Gasteiger partial charge on any atom is 0.307 e. The molecule has 1 amide bonds. The summed E-state index contributed by atoms with van der Waals surface area (Å²) in [6.45, 7) is 5.37. The van der Waals surface area contributed by atoms with E-state index >= 15 is 0 Å². The number of amides is 1. The summed E-state index contributed by atoms with van der Waals surface area (Å²) in [5.74, 6) is -0.125. The van der Waals surface area contributed by atoms with Gasteiger partial charge in [-0.25, -0.2) is 0 Å². The average Bonchev–Trinajstić information content (AvgIpc) is 2.40. The highest BCUT2D eigenvalue weighted by Crippen LogP contribution is 1.93. The minimum atomic E-state index is -0.329. The lowest BCUT2D eigenvalue weighted by atomic mass is 10.4. The van der Waals surface area contributed by atoms with Crippen molar-refractivity contribution in [1.29, 1.82) is 0 Å². The fourth-order valence-electron chi connectivity index (χ4n) is 0.682. The molecule has 1 rings (SSSR count). The molecule has 1 fully saturated rings. The van der Waals surface area contributed by atoms with E-state index in [9.17, 15) is 9.59 Å². The van der Waals surface area contributed by atoms with Crippen LogP contribution in [0, 0.1) is 0 Å². The van der Waals surface area contributed by atoms with Gasteiger partial charge in [0.05, 0.1) is 6.26 Å². The summed E-state index contributed by atoms with van der Waals surface area (Å²) in [6, 6.07) is 0. The molecule has 0 radical (unpaired) electrons. The van der Waals surface area contributed by atoms with Crippen LogP contribution in [-0.4, -0.2) is 18.4 Å². The van der Waals surface area contributed by atoms with Crippen molar-refractivity contribution in [3.8, 4) is 0 Å². The molecule has 0 bridgehead atoms. The maximum atomic E-state index is 10.1. The van der Waals surface area contributed by atoms with Crippen LogP contribution in [-0.2, 0) is 14.3 Å². The zero-order chi connectivity index (χ0) is 9.40. The van der Waals surface area contributed by atoms with Crippen LogP contribution >= 0.6 is 0 Å². The summed E-state index contributed by atoms with van der Waals surface area (Å²) in [6.07, 6.45) is 2.86. The number of nitrogens with one attached hydrogen (secondary N) is 1. The van der Waals surface area contributed by atoms with Gasteiger partial charge in [-0.2, -0.15) is 0 Å². The zero-order valence-electron chi connectivity index (χ0n) is 7.13. The van der Waals surface area contributed by atoms with Crippen LogP contribution in [0.5, 0.6) is 0 Å². The van der Waals surface area contributed by atoms with Crippen LogP contribution < -0.4 is 5.32 Å². The standard InChI is InChI=1S/C4H7NO.C4H6O2/c6-4-2-1-3-5-4;1-3-6-4(2)5/h1-3H2,(H,5,6);3H,1H2,2H3. The van der Waals surface area contributed by atoms with E-state index in [4.69, 9.17) is 0 Å². The molecular weight excluding hydrogens is 158 g/mol. The third-order valence-electron chi connectivity index (χ3n) is 1.15. The lowest BCUT2D eigenvalue weighted by molar-refractivity contribution is -0.135. The number of carbonyl (C=O) groups is 2. The van der Waals surface area contributed by atoms with E-state index in [1.165, 1.54) is 6.92 Å². The van der Waals surface area contributed by atoms with Gasteiger partial charge in [0.15, 0.2) is 0 Å². The molecule has 1 aliphatic rings. The van der Waals surface area contributed by atoms with Crippen LogP contribution in [0.4, 0.5) is 0 Å². The fourth-order valence-corrected chi connectivity index (χ4v) is 0.682. The van der Waals surface area contributed by atoms with Gasteiger partial charge in [-0.15, -0.1) is 0 Å². The van der Waals surface area contributed by atoms with Gasteiger partial charge in [0.25, 0.3) is 0 Å². The highest BCUT2D eigenvalue weighted by molar-refractivity contribution is 5.77. The number of rotatable bonds is 1. The van der Waals surface area contributed by atoms with Crippen LogP contribution in [0.2, 0.25) is 0 Å². The van der Waals surface area contributed by atoms with Crippen molar-refractivity contribution in [2.24, 2.45) is 0 Å². The highest BCUT2D eigenvalue weighted by Gasteiger charge is 2.05. The lowest BCUT2D eigenvalue weighted by Gasteiger charge is -1.83. The Morgan fingerprint density at radius 1 is 1.75 bits per heavy atom. The van der Waals surface area contributed by atoms with E-state index in [1.807, 2.05) is 0 Å².